The van der Waals surface area contributed by atoms with Gasteiger partial charge in [-0.05, 0) is 6.07 Å². The summed E-state index contributed by atoms with van der Waals surface area (Å²) in [5.74, 6) is -1.81. The number of hydrogen-bond acceptors (Lipinski definition) is 4. The Labute approximate surface area is 96.1 Å². The minimum absolute atomic E-state index is 0.527. The van der Waals surface area contributed by atoms with Crippen molar-refractivity contribution >= 4 is 17.9 Å². The van der Waals surface area contributed by atoms with Crippen LogP contribution < -0.4 is 5.32 Å². The van der Waals surface area contributed by atoms with Crippen LogP contribution in [0.4, 0.5) is 4.79 Å². The zero-order valence-corrected chi connectivity index (χ0v) is 8.66. The maximum atomic E-state index is 11.8. The number of aliphatic carboxylic acids is 1. The van der Waals surface area contributed by atoms with Crippen molar-refractivity contribution in [2.45, 2.75) is 6.04 Å². The van der Waals surface area contributed by atoms with Gasteiger partial charge in [-0.15, -0.1) is 0 Å². The summed E-state index contributed by atoms with van der Waals surface area (Å²) in [6.45, 7) is -0.637. The molecule has 1 aliphatic rings. The van der Waals surface area contributed by atoms with E-state index in [1.807, 2.05) is 0 Å². The Kier molecular flexibility index (Phi) is 2.73. The lowest BCUT2D eigenvalue weighted by Gasteiger charge is -2.09. The Morgan fingerprint density at radius 3 is 2.88 bits per heavy atom. The average molecular weight is 235 g/mol. The van der Waals surface area contributed by atoms with E-state index >= 15 is 0 Å². The monoisotopic (exact) mass is 235 g/mol. The Morgan fingerprint density at radius 2 is 2.29 bits per heavy atom. The Bertz CT molecular complexity index is 474. The van der Waals surface area contributed by atoms with E-state index in [0.29, 0.717) is 10.5 Å². The molecule has 1 atom stereocenters. The Hall–Kier alpha value is -2.44. The molecule has 2 heterocycles. The number of carboxylic acids is 1. The third-order valence-electron chi connectivity index (χ3n) is 2.34. The third kappa shape index (κ3) is 2.07. The molecule has 17 heavy (non-hydrogen) atoms. The highest BCUT2D eigenvalue weighted by molar-refractivity contribution is 6.06. The lowest BCUT2D eigenvalue weighted by atomic mass is 10.1. The number of carbonyl (C=O) groups is 3. The number of nitrogens with one attached hydrogen (secondary N) is 1. The minimum atomic E-state index is -1.24. The number of rotatable bonds is 3. The highest BCUT2D eigenvalue weighted by Gasteiger charge is 2.39. The first kappa shape index (κ1) is 11.1. The lowest BCUT2D eigenvalue weighted by Crippen LogP contribution is -2.35. The van der Waals surface area contributed by atoms with Gasteiger partial charge in [-0.1, -0.05) is 6.07 Å². The topological polar surface area (TPSA) is 99.6 Å². The van der Waals surface area contributed by atoms with Crippen molar-refractivity contribution in [2.75, 3.05) is 6.54 Å². The molecule has 0 aromatic carbocycles. The van der Waals surface area contributed by atoms with Crippen LogP contribution in [0.3, 0.4) is 0 Å². The van der Waals surface area contributed by atoms with Gasteiger partial charge >= 0.3 is 12.0 Å². The second kappa shape index (κ2) is 4.20. The molecule has 1 unspecified atom stereocenters. The highest BCUT2D eigenvalue weighted by atomic mass is 16.4. The van der Waals surface area contributed by atoms with Crippen LogP contribution in [0.5, 0.6) is 0 Å². The van der Waals surface area contributed by atoms with Gasteiger partial charge in [0.1, 0.15) is 12.6 Å². The fourth-order valence-corrected chi connectivity index (χ4v) is 1.58. The SMILES string of the molecule is O=C(O)CN1C(=O)NC(c2cccnc2)C1=O. The Balaban J connectivity index is 2.22. The summed E-state index contributed by atoms with van der Waals surface area (Å²) in [5, 5.41) is 11.0. The predicted molar refractivity (Wildman–Crippen MR) is 54.9 cm³/mol. The molecule has 2 N–H and O–H groups in total. The van der Waals surface area contributed by atoms with E-state index < -0.39 is 30.5 Å². The molecular formula is C10H9N3O4. The molecule has 1 saturated heterocycles. The molecule has 88 valence electrons. The smallest absolute Gasteiger partial charge is 0.325 e. The largest absolute Gasteiger partial charge is 0.480 e. The maximum Gasteiger partial charge on any atom is 0.325 e. The molecule has 7 nitrogen and oxygen atoms in total. The molecule has 0 aliphatic carbocycles. The number of imide groups is 1. The molecule has 2 rings (SSSR count). The quantitative estimate of drug-likeness (QED) is 0.704. The molecule has 0 saturated carbocycles. The summed E-state index contributed by atoms with van der Waals surface area (Å²) in [7, 11) is 0. The fourth-order valence-electron chi connectivity index (χ4n) is 1.58. The van der Waals surface area contributed by atoms with Crippen molar-refractivity contribution in [3.63, 3.8) is 0 Å². The lowest BCUT2D eigenvalue weighted by molar-refractivity contribution is -0.141. The normalized spacial score (nSPS) is 19.3. The fraction of sp³-hybridized carbons (Fsp3) is 0.200. The van der Waals surface area contributed by atoms with Crippen molar-refractivity contribution in [2.24, 2.45) is 0 Å². The van der Waals surface area contributed by atoms with Crippen LogP contribution in [0.15, 0.2) is 24.5 Å². The summed E-state index contributed by atoms with van der Waals surface area (Å²) in [6, 6.07) is 1.72. The molecule has 0 bridgehead atoms. The molecule has 1 aromatic rings. The van der Waals surface area contributed by atoms with Crippen LogP contribution in [0, 0.1) is 0 Å². The van der Waals surface area contributed by atoms with Gasteiger partial charge < -0.3 is 10.4 Å². The van der Waals surface area contributed by atoms with E-state index in [1.165, 1.54) is 6.20 Å². The van der Waals surface area contributed by atoms with E-state index in [1.54, 1.807) is 18.3 Å². The number of hydrogen-bond donors (Lipinski definition) is 2. The second-order valence-corrected chi connectivity index (χ2v) is 3.49. The summed E-state index contributed by atoms with van der Waals surface area (Å²) >= 11 is 0. The molecular weight excluding hydrogens is 226 g/mol. The van der Waals surface area contributed by atoms with Crippen LogP contribution in [0.25, 0.3) is 0 Å². The molecule has 1 fully saturated rings. The summed E-state index contributed by atoms with van der Waals surface area (Å²) in [6.07, 6.45) is 2.99. The van der Waals surface area contributed by atoms with Crippen molar-refractivity contribution in [1.82, 2.24) is 15.2 Å². The summed E-state index contributed by atoms with van der Waals surface area (Å²) in [4.78, 5) is 38.2. The molecule has 0 radical (unpaired) electrons. The molecule has 3 amide bonds. The van der Waals surface area contributed by atoms with Crippen molar-refractivity contribution in [1.29, 1.82) is 0 Å². The zero-order chi connectivity index (χ0) is 12.4. The first-order valence-electron chi connectivity index (χ1n) is 4.83. The first-order chi connectivity index (χ1) is 8.09. The first-order valence-corrected chi connectivity index (χ1v) is 4.83. The summed E-state index contributed by atoms with van der Waals surface area (Å²) in [5.41, 5.74) is 0.527. The maximum absolute atomic E-state index is 11.8. The summed E-state index contributed by atoms with van der Waals surface area (Å²) < 4.78 is 0. The van der Waals surface area contributed by atoms with Gasteiger partial charge in [0, 0.05) is 18.0 Å². The van der Waals surface area contributed by atoms with E-state index in [4.69, 9.17) is 5.11 Å². The van der Waals surface area contributed by atoms with E-state index in [2.05, 4.69) is 10.3 Å². The predicted octanol–water partition coefficient (Wildman–Crippen LogP) is -0.241. The molecule has 7 heteroatoms. The van der Waals surface area contributed by atoms with Gasteiger partial charge in [0.2, 0.25) is 0 Å². The van der Waals surface area contributed by atoms with Gasteiger partial charge in [0.25, 0.3) is 5.91 Å². The number of aromatic nitrogens is 1. The van der Waals surface area contributed by atoms with Crippen LogP contribution in [0.1, 0.15) is 11.6 Å². The second-order valence-electron chi connectivity index (χ2n) is 3.49. The number of pyridine rings is 1. The van der Waals surface area contributed by atoms with Gasteiger partial charge in [0.05, 0.1) is 0 Å². The van der Waals surface area contributed by atoms with Crippen molar-refractivity contribution < 1.29 is 19.5 Å². The van der Waals surface area contributed by atoms with Crippen LogP contribution in [-0.4, -0.2) is 39.4 Å². The van der Waals surface area contributed by atoms with Crippen LogP contribution in [0.2, 0.25) is 0 Å². The highest BCUT2D eigenvalue weighted by Crippen LogP contribution is 2.20. The van der Waals surface area contributed by atoms with Crippen LogP contribution >= 0.6 is 0 Å². The number of carboxylic acid groups (broad SMARTS) is 1. The van der Waals surface area contributed by atoms with Gasteiger partial charge in [-0.25, -0.2) is 4.79 Å². The van der Waals surface area contributed by atoms with E-state index in [-0.39, 0.29) is 0 Å². The zero-order valence-electron chi connectivity index (χ0n) is 8.66. The van der Waals surface area contributed by atoms with Gasteiger partial charge in [-0.2, -0.15) is 0 Å². The molecule has 1 aliphatic heterocycles. The number of amides is 3. The number of carbonyl (C=O) groups excluding carboxylic acids is 2. The molecule has 0 spiro atoms. The molecule has 1 aromatic heterocycles. The van der Waals surface area contributed by atoms with Crippen LogP contribution in [-0.2, 0) is 9.59 Å². The van der Waals surface area contributed by atoms with Gasteiger partial charge in [0.15, 0.2) is 0 Å². The van der Waals surface area contributed by atoms with Crippen molar-refractivity contribution in [3.05, 3.63) is 30.1 Å². The number of nitrogens with zero attached hydrogens (tertiary/aromatic N) is 2. The van der Waals surface area contributed by atoms with Crippen molar-refractivity contribution in [3.8, 4) is 0 Å². The Morgan fingerprint density at radius 1 is 1.53 bits per heavy atom. The minimum Gasteiger partial charge on any atom is -0.480 e. The van der Waals surface area contributed by atoms with E-state index in [0.717, 1.165) is 0 Å². The standard InChI is InChI=1S/C10H9N3O4/c14-7(15)5-13-9(16)8(12-10(13)17)6-2-1-3-11-4-6/h1-4,8H,5H2,(H,12,17)(H,14,15). The van der Waals surface area contributed by atoms with Gasteiger partial charge in [-0.3, -0.25) is 19.5 Å². The van der Waals surface area contributed by atoms with E-state index in [9.17, 15) is 14.4 Å². The third-order valence-corrected chi connectivity index (χ3v) is 2.34. The number of urea groups is 1. The average Bonchev–Trinajstić information content (AvgIpc) is 2.58.